The number of methoxy groups -OCH3 is 1. The summed E-state index contributed by atoms with van der Waals surface area (Å²) in [5, 5.41) is 9.99. The molecule has 0 amide bonds. The normalized spacial score (nSPS) is 18.3. The highest BCUT2D eigenvalue weighted by atomic mass is 16.5. The molecule has 18 heavy (non-hydrogen) atoms. The second-order valence-electron chi connectivity index (χ2n) is 5.26. The molecule has 1 unspecified atom stereocenters. The molecule has 1 fully saturated rings. The second-order valence-corrected chi connectivity index (χ2v) is 5.26. The van der Waals surface area contributed by atoms with Crippen molar-refractivity contribution in [2.45, 2.75) is 38.8 Å². The van der Waals surface area contributed by atoms with Crippen molar-refractivity contribution in [1.29, 1.82) is 0 Å². The Kier molecular flexibility index (Phi) is 3.81. The molecule has 0 bridgehead atoms. The fourth-order valence-electron chi connectivity index (χ4n) is 2.55. The van der Waals surface area contributed by atoms with Gasteiger partial charge in [-0.3, -0.25) is 0 Å². The van der Waals surface area contributed by atoms with E-state index in [2.05, 4.69) is 24.9 Å². The number of aliphatic hydroxyl groups is 1. The highest BCUT2D eigenvalue weighted by Crippen LogP contribution is 2.40. The third kappa shape index (κ3) is 2.46. The molecular weight excluding hydrogens is 226 g/mol. The van der Waals surface area contributed by atoms with Gasteiger partial charge in [-0.15, -0.1) is 0 Å². The minimum atomic E-state index is -0.523. The molecule has 3 nitrogen and oxygen atoms in total. The average Bonchev–Trinajstić information content (AvgIpc) is 3.20. The largest absolute Gasteiger partial charge is 0.496 e. The molecule has 1 N–H and O–H groups in total. The van der Waals surface area contributed by atoms with Gasteiger partial charge >= 0.3 is 0 Å². The van der Waals surface area contributed by atoms with Gasteiger partial charge in [0, 0.05) is 24.3 Å². The van der Waals surface area contributed by atoms with Crippen molar-refractivity contribution in [3.05, 3.63) is 23.8 Å². The van der Waals surface area contributed by atoms with Gasteiger partial charge in [0.15, 0.2) is 0 Å². The molecule has 1 aliphatic carbocycles. The molecule has 1 aromatic rings. The minimum absolute atomic E-state index is 0.509. The predicted molar refractivity (Wildman–Crippen MR) is 74.2 cm³/mol. The number of hydrogen-bond acceptors (Lipinski definition) is 3. The van der Waals surface area contributed by atoms with Crippen LogP contribution in [0.3, 0.4) is 0 Å². The van der Waals surface area contributed by atoms with E-state index in [1.807, 2.05) is 12.1 Å². The van der Waals surface area contributed by atoms with Crippen molar-refractivity contribution >= 4 is 5.69 Å². The van der Waals surface area contributed by atoms with Crippen LogP contribution >= 0.6 is 0 Å². The van der Waals surface area contributed by atoms with E-state index in [4.69, 9.17) is 4.74 Å². The van der Waals surface area contributed by atoms with Crippen LogP contribution in [0.25, 0.3) is 0 Å². The van der Waals surface area contributed by atoms with Crippen LogP contribution in [-0.4, -0.2) is 25.3 Å². The highest BCUT2D eigenvalue weighted by Gasteiger charge is 2.32. The van der Waals surface area contributed by atoms with E-state index in [0.717, 1.165) is 22.9 Å². The Morgan fingerprint density at radius 3 is 2.50 bits per heavy atom. The quantitative estimate of drug-likeness (QED) is 0.870. The van der Waals surface area contributed by atoms with Gasteiger partial charge in [-0.25, -0.2) is 0 Å². The van der Waals surface area contributed by atoms with Gasteiger partial charge in [0.1, 0.15) is 5.75 Å². The minimum Gasteiger partial charge on any atom is -0.496 e. The maximum Gasteiger partial charge on any atom is 0.126 e. The van der Waals surface area contributed by atoms with E-state index < -0.39 is 6.10 Å². The lowest BCUT2D eigenvalue weighted by Gasteiger charge is -2.30. The summed E-state index contributed by atoms with van der Waals surface area (Å²) in [5.74, 6) is 1.56. The van der Waals surface area contributed by atoms with Gasteiger partial charge in [0.25, 0.3) is 0 Å². The van der Waals surface area contributed by atoms with Crippen LogP contribution in [0.4, 0.5) is 5.69 Å². The summed E-state index contributed by atoms with van der Waals surface area (Å²) in [6, 6.07) is 6.45. The van der Waals surface area contributed by atoms with Gasteiger partial charge in [-0.1, -0.05) is 6.07 Å². The van der Waals surface area contributed by atoms with E-state index in [9.17, 15) is 5.11 Å². The number of aliphatic hydroxyl groups excluding tert-OH is 1. The highest BCUT2D eigenvalue weighted by molar-refractivity contribution is 5.60. The molecule has 2 atom stereocenters. The first-order valence-electron chi connectivity index (χ1n) is 6.64. The first-order chi connectivity index (χ1) is 8.56. The summed E-state index contributed by atoms with van der Waals surface area (Å²) in [5.41, 5.74) is 1.96. The fourth-order valence-corrected chi connectivity index (χ4v) is 2.55. The summed E-state index contributed by atoms with van der Waals surface area (Å²) in [4.78, 5) is 2.27. The zero-order chi connectivity index (χ0) is 13.3. The molecule has 0 aliphatic heterocycles. The van der Waals surface area contributed by atoms with E-state index >= 15 is 0 Å². The predicted octanol–water partition coefficient (Wildman–Crippen LogP) is 2.98. The number of benzene rings is 1. The van der Waals surface area contributed by atoms with E-state index in [1.54, 1.807) is 14.0 Å². The second kappa shape index (κ2) is 5.19. The molecule has 2 rings (SSSR count). The Balaban J connectivity index is 2.36. The monoisotopic (exact) mass is 249 g/mol. The Morgan fingerprint density at radius 1 is 1.33 bits per heavy atom. The van der Waals surface area contributed by atoms with Gasteiger partial charge in [-0.05, 0) is 44.7 Å². The van der Waals surface area contributed by atoms with Gasteiger partial charge in [-0.2, -0.15) is 0 Å². The zero-order valence-corrected chi connectivity index (χ0v) is 11.7. The van der Waals surface area contributed by atoms with Crippen LogP contribution < -0.4 is 9.64 Å². The van der Waals surface area contributed by atoms with Crippen LogP contribution in [0.2, 0.25) is 0 Å². The van der Waals surface area contributed by atoms with Crippen molar-refractivity contribution in [2.75, 3.05) is 19.1 Å². The Morgan fingerprint density at radius 2 is 2.00 bits per heavy atom. The smallest absolute Gasteiger partial charge is 0.126 e. The number of anilines is 1. The Bertz CT molecular complexity index is 413. The average molecular weight is 249 g/mol. The van der Waals surface area contributed by atoms with Gasteiger partial charge in [0.2, 0.25) is 0 Å². The fraction of sp³-hybridized carbons (Fsp3) is 0.600. The molecule has 3 heteroatoms. The molecule has 0 saturated heterocycles. The summed E-state index contributed by atoms with van der Waals surface area (Å²) < 4.78 is 5.37. The third-order valence-corrected chi connectivity index (χ3v) is 3.98. The molecule has 1 saturated carbocycles. The van der Waals surface area contributed by atoms with Gasteiger partial charge < -0.3 is 14.7 Å². The summed E-state index contributed by atoms with van der Waals surface area (Å²) in [6.07, 6.45) is 2.11. The van der Waals surface area contributed by atoms with Gasteiger partial charge in [0.05, 0.1) is 13.2 Å². The van der Waals surface area contributed by atoms with Crippen molar-refractivity contribution < 1.29 is 9.84 Å². The van der Waals surface area contributed by atoms with E-state index in [-0.39, 0.29) is 0 Å². The lowest BCUT2D eigenvalue weighted by molar-refractivity contribution is 0.194. The molecular formula is C15H23NO2. The molecule has 0 aromatic heterocycles. The molecule has 0 heterocycles. The standard InChI is InChI=1S/C15H23NO2/c1-10(12-8-9-12)16(3)13-6-5-7-14(18-4)15(13)11(2)17/h5-7,10-12,17H,8-9H2,1-4H3/t10?,11-/m1/s1. The van der Waals surface area contributed by atoms with E-state index in [0.29, 0.717) is 6.04 Å². The molecule has 0 spiro atoms. The molecule has 1 aromatic carbocycles. The SMILES string of the molecule is COc1cccc(N(C)C(C)C2CC2)c1[C@@H](C)O. The first kappa shape index (κ1) is 13.2. The van der Waals surface area contributed by atoms with Crippen molar-refractivity contribution in [3.8, 4) is 5.75 Å². The van der Waals surface area contributed by atoms with Crippen LogP contribution in [0.1, 0.15) is 38.4 Å². The maximum absolute atomic E-state index is 9.99. The first-order valence-corrected chi connectivity index (χ1v) is 6.64. The zero-order valence-electron chi connectivity index (χ0n) is 11.7. The lowest BCUT2D eigenvalue weighted by Crippen LogP contribution is -2.31. The topological polar surface area (TPSA) is 32.7 Å². The number of rotatable bonds is 5. The van der Waals surface area contributed by atoms with Crippen LogP contribution in [-0.2, 0) is 0 Å². The summed E-state index contributed by atoms with van der Waals surface area (Å²) >= 11 is 0. The van der Waals surface area contributed by atoms with Crippen LogP contribution in [0.5, 0.6) is 5.75 Å². The Hall–Kier alpha value is -1.22. The molecule has 1 aliphatic rings. The third-order valence-electron chi connectivity index (χ3n) is 3.98. The van der Waals surface area contributed by atoms with E-state index in [1.165, 1.54) is 12.8 Å². The van der Waals surface area contributed by atoms with Crippen molar-refractivity contribution in [1.82, 2.24) is 0 Å². The van der Waals surface area contributed by atoms with Crippen molar-refractivity contribution in [3.63, 3.8) is 0 Å². The number of hydrogen-bond donors (Lipinski definition) is 1. The lowest BCUT2D eigenvalue weighted by atomic mass is 10.0. The summed E-state index contributed by atoms with van der Waals surface area (Å²) in [7, 11) is 3.75. The van der Waals surface area contributed by atoms with Crippen LogP contribution in [0.15, 0.2) is 18.2 Å². The van der Waals surface area contributed by atoms with Crippen molar-refractivity contribution in [2.24, 2.45) is 5.92 Å². The number of ether oxygens (including phenoxy) is 1. The number of nitrogens with zero attached hydrogens (tertiary/aromatic N) is 1. The summed E-state index contributed by atoms with van der Waals surface area (Å²) in [6.45, 7) is 4.04. The maximum atomic E-state index is 9.99. The molecule has 100 valence electrons. The van der Waals surface area contributed by atoms with Crippen LogP contribution in [0, 0.1) is 5.92 Å². The molecule has 0 radical (unpaired) electrons. The Labute approximate surface area is 109 Å².